The molecule has 160 valence electrons. The number of hydrogen-bond acceptors (Lipinski definition) is 7. The van der Waals surface area contributed by atoms with Crippen LogP contribution in [0.4, 0.5) is 10.8 Å². The predicted octanol–water partition coefficient (Wildman–Crippen LogP) is 6.16. The lowest BCUT2D eigenvalue weighted by molar-refractivity contribution is -0.384. The third-order valence-electron chi connectivity index (χ3n) is 4.85. The highest BCUT2D eigenvalue weighted by Crippen LogP contribution is 2.41. The first-order valence-electron chi connectivity index (χ1n) is 9.69. The molecule has 0 aliphatic rings. The number of non-ortho nitro benzene ring substituents is 1. The zero-order chi connectivity index (χ0) is 22.7. The Kier molecular flexibility index (Phi) is 5.96. The normalized spacial score (nSPS) is 11.1. The minimum atomic E-state index is -0.423. The zero-order valence-corrected chi connectivity index (χ0v) is 18.2. The number of aliphatic imine (C=N–C) groups is 1. The Morgan fingerprint density at radius 2 is 1.75 bits per heavy atom. The molecule has 0 atom stereocenters. The lowest BCUT2D eigenvalue weighted by Gasteiger charge is -2.04. The smallest absolute Gasteiger partial charge is 0.269 e. The number of hydrogen-bond donors (Lipinski definition) is 1. The van der Waals surface area contributed by atoms with Gasteiger partial charge in [-0.1, -0.05) is 47.2 Å². The van der Waals surface area contributed by atoms with Crippen molar-refractivity contribution in [3.8, 4) is 33.2 Å². The van der Waals surface area contributed by atoms with E-state index >= 15 is 0 Å². The number of benzene rings is 3. The topological polar surface area (TPSA) is 97.9 Å². The maximum Gasteiger partial charge on any atom is 0.269 e. The number of aryl methyl sites for hydroxylation is 1. The molecule has 0 radical (unpaired) electrons. The first-order valence-corrected chi connectivity index (χ1v) is 10.5. The highest BCUT2D eigenvalue weighted by atomic mass is 32.1. The van der Waals surface area contributed by atoms with Crippen molar-refractivity contribution in [2.24, 2.45) is 4.99 Å². The number of phenolic OH excluding ortho intramolecular Hbond substituents is 1. The van der Waals surface area contributed by atoms with Crippen LogP contribution in [0.2, 0.25) is 0 Å². The van der Waals surface area contributed by atoms with Crippen LogP contribution in [0.5, 0.6) is 11.5 Å². The lowest BCUT2D eigenvalue weighted by atomic mass is 10.1. The van der Waals surface area contributed by atoms with E-state index in [9.17, 15) is 15.2 Å². The summed E-state index contributed by atoms with van der Waals surface area (Å²) in [4.78, 5) is 20.6. The van der Waals surface area contributed by atoms with Gasteiger partial charge in [0.15, 0.2) is 11.5 Å². The monoisotopic (exact) mass is 445 g/mol. The SMILES string of the molecule is COc1cccc(C=Nc2nc(-c3ccc(C)cc3)c(-c3ccc([N+](=O)[O-])cc3)s2)c1O. The van der Waals surface area contributed by atoms with Crippen LogP contribution in [0.1, 0.15) is 11.1 Å². The van der Waals surface area contributed by atoms with Gasteiger partial charge < -0.3 is 9.84 Å². The Morgan fingerprint density at radius 1 is 1.06 bits per heavy atom. The lowest BCUT2D eigenvalue weighted by Crippen LogP contribution is -1.88. The molecule has 4 rings (SSSR count). The van der Waals surface area contributed by atoms with Gasteiger partial charge in [-0.2, -0.15) is 0 Å². The van der Waals surface area contributed by atoms with E-state index in [1.807, 2.05) is 31.2 Å². The average Bonchev–Trinajstić information content (AvgIpc) is 3.23. The van der Waals surface area contributed by atoms with Crippen molar-refractivity contribution >= 4 is 28.4 Å². The van der Waals surface area contributed by atoms with Crippen LogP contribution in [0, 0.1) is 17.0 Å². The Labute approximate surface area is 188 Å². The summed E-state index contributed by atoms with van der Waals surface area (Å²) in [7, 11) is 1.49. The third kappa shape index (κ3) is 4.35. The Balaban J connectivity index is 1.77. The van der Waals surface area contributed by atoms with Crippen molar-refractivity contribution in [2.75, 3.05) is 7.11 Å². The number of phenols is 1. The number of aromatic nitrogens is 1. The average molecular weight is 446 g/mol. The minimum absolute atomic E-state index is 0.00431. The van der Waals surface area contributed by atoms with Crippen LogP contribution in [0.15, 0.2) is 71.7 Å². The molecular formula is C24H19N3O4S. The van der Waals surface area contributed by atoms with Gasteiger partial charge in [-0.05, 0) is 36.8 Å². The number of nitro groups is 1. The van der Waals surface area contributed by atoms with Gasteiger partial charge in [0, 0.05) is 29.5 Å². The van der Waals surface area contributed by atoms with Gasteiger partial charge in [0.25, 0.3) is 5.69 Å². The standard InChI is InChI=1S/C24H19N3O4S/c1-15-6-8-16(9-7-15)21-23(17-10-12-19(13-11-17)27(29)30)32-24(26-21)25-14-18-4-3-5-20(31-2)22(18)28/h3-14,28H,1-2H3. The fraction of sp³-hybridized carbons (Fsp3) is 0.0833. The van der Waals surface area contributed by atoms with Crippen LogP contribution >= 0.6 is 11.3 Å². The fourth-order valence-corrected chi connectivity index (χ4v) is 4.07. The zero-order valence-electron chi connectivity index (χ0n) is 17.4. The molecule has 3 aromatic carbocycles. The molecule has 0 spiro atoms. The first kappa shape index (κ1) is 21.2. The Hall–Kier alpha value is -4.04. The molecule has 8 heteroatoms. The van der Waals surface area contributed by atoms with Gasteiger partial charge >= 0.3 is 0 Å². The second-order valence-corrected chi connectivity index (χ2v) is 7.98. The largest absolute Gasteiger partial charge is 0.504 e. The van der Waals surface area contributed by atoms with E-state index in [2.05, 4.69) is 4.99 Å². The van der Waals surface area contributed by atoms with Crippen LogP contribution in [0.3, 0.4) is 0 Å². The summed E-state index contributed by atoms with van der Waals surface area (Å²) in [6.07, 6.45) is 1.54. The van der Waals surface area contributed by atoms with Gasteiger partial charge in [0.2, 0.25) is 5.13 Å². The minimum Gasteiger partial charge on any atom is -0.504 e. The number of methoxy groups -OCH3 is 1. The van der Waals surface area contributed by atoms with Gasteiger partial charge in [0.1, 0.15) is 0 Å². The van der Waals surface area contributed by atoms with Crippen molar-refractivity contribution in [3.05, 3.63) is 88.0 Å². The molecule has 0 unspecified atom stereocenters. The Morgan fingerprint density at radius 3 is 2.41 bits per heavy atom. The number of ether oxygens (including phenoxy) is 1. The molecule has 0 saturated heterocycles. The van der Waals surface area contributed by atoms with Gasteiger partial charge in [-0.3, -0.25) is 10.1 Å². The number of nitrogens with zero attached hydrogens (tertiary/aromatic N) is 3. The molecule has 0 aliphatic heterocycles. The molecule has 0 aliphatic carbocycles. The maximum absolute atomic E-state index is 11.0. The molecule has 1 N–H and O–H groups in total. The molecule has 4 aromatic rings. The van der Waals surface area contributed by atoms with Crippen molar-refractivity contribution in [2.45, 2.75) is 6.92 Å². The van der Waals surface area contributed by atoms with Gasteiger partial charge in [-0.25, -0.2) is 9.98 Å². The van der Waals surface area contributed by atoms with E-state index in [0.717, 1.165) is 27.3 Å². The first-order chi connectivity index (χ1) is 15.5. The second kappa shape index (κ2) is 8.99. The maximum atomic E-state index is 11.0. The van der Waals surface area contributed by atoms with Crippen LogP contribution < -0.4 is 4.74 Å². The van der Waals surface area contributed by atoms with Crippen molar-refractivity contribution in [1.29, 1.82) is 0 Å². The number of para-hydroxylation sites is 1. The summed E-state index contributed by atoms with van der Waals surface area (Å²) < 4.78 is 5.14. The highest BCUT2D eigenvalue weighted by molar-refractivity contribution is 7.19. The van der Waals surface area contributed by atoms with E-state index in [0.29, 0.717) is 16.4 Å². The molecule has 1 heterocycles. The quantitative estimate of drug-likeness (QED) is 0.218. The van der Waals surface area contributed by atoms with Crippen LogP contribution in [0.25, 0.3) is 21.7 Å². The third-order valence-corrected chi connectivity index (χ3v) is 5.86. The van der Waals surface area contributed by atoms with E-state index in [4.69, 9.17) is 9.72 Å². The van der Waals surface area contributed by atoms with E-state index in [-0.39, 0.29) is 11.4 Å². The van der Waals surface area contributed by atoms with Crippen LogP contribution in [-0.2, 0) is 0 Å². The van der Waals surface area contributed by atoms with E-state index in [1.165, 1.54) is 36.8 Å². The molecule has 7 nitrogen and oxygen atoms in total. The number of nitro benzene ring substituents is 1. The molecule has 0 bridgehead atoms. The number of aromatic hydroxyl groups is 1. The highest BCUT2D eigenvalue weighted by Gasteiger charge is 2.16. The molecule has 0 amide bonds. The number of rotatable bonds is 6. The summed E-state index contributed by atoms with van der Waals surface area (Å²) in [6, 6.07) is 19.5. The van der Waals surface area contributed by atoms with E-state index in [1.54, 1.807) is 30.3 Å². The van der Waals surface area contributed by atoms with Crippen molar-refractivity contribution < 1.29 is 14.8 Å². The summed E-state index contributed by atoms with van der Waals surface area (Å²) in [5.41, 5.74) is 4.15. The van der Waals surface area contributed by atoms with Gasteiger partial charge in [0.05, 0.1) is 22.6 Å². The van der Waals surface area contributed by atoms with E-state index < -0.39 is 4.92 Å². The molecule has 0 fully saturated rings. The molecule has 1 aromatic heterocycles. The fourth-order valence-electron chi connectivity index (χ4n) is 3.13. The van der Waals surface area contributed by atoms with Crippen LogP contribution in [-0.4, -0.2) is 28.3 Å². The predicted molar refractivity (Wildman–Crippen MR) is 126 cm³/mol. The number of thiazole rings is 1. The van der Waals surface area contributed by atoms with Crippen molar-refractivity contribution in [3.63, 3.8) is 0 Å². The summed E-state index contributed by atoms with van der Waals surface area (Å²) in [5.74, 6) is 0.365. The molecular weight excluding hydrogens is 426 g/mol. The summed E-state index contributed by atoms with van der Waals surface area (Å²) in [6.45, 7) is 2.01. The van der Waals surface area contributed by atoms with Gasteiger partial charge in [-0.15, -0.1) is 0 Å². The second-order valence-electron chi connectivity index (χ2n) is 7.00. The molecule has 0 saturated carbocycles. The summed E-state index contributed by atoms with van der Waals surface area (Å²) in [5, 5.41) is 21.8. The Bertz CT molecular complexity index is 1300. The molecule has 32 heavy (non-hydrogen) atoms. The van der Waals surface area contributed by atoms with Crippen molar-refractivity contribution in [1.82, 2.24) is 4.98 Å². The summed E-state index contributed by atoms with van der Waals surface area (Å²) >= 11 is 1.37.